The van der Waals surface area contributed by atoms with Crippen molar-refractivity contribution in [2.24, 2.45) is 11.7 Å². The lowest BCUT2D eigenvalue weighted by atomic mass is 10.0. The van der Waals surface area contributed by atoms with Crippen LogP contribution in [0.3, 0.4) is 0 Å². The number of hydrogen-bond donors (Lipinski definition) is 1. The molecule has 2 N–H and O–H groups in total. The van der Waals surface area contributed by atoms with E-state index in [0.29, 0.717) is 19.7 Å². The highest BCUT2D eigenvalue weighted by atomic mass is 16.5. The SMILES string of the molecule is CC(C)[C@H](N)C(=O)N1CCOC(c2ccco2)C1. The lowest BCUT2D eigenvalue weighted by molar-refractivity contribution is -0.142. The number of morpholine rings is 1. The van der Waals surface area contributed by atoms with Crippen molar-refractivity contribution in [1.29, 1.82) is 0 Å². The normalized spacial score (nSPS) is 22.2. The molecule has 1 saturated heterocycles. The third-order valence-corrected chi connectivity index (χ3v) is 3.24. The maximum absolute atomic E-state index is 12.2. The molecule has 0 spiro atoms. The van der Waals surface area contributed by atoms with Crippen LogP contribution < -0.4 is 5.73 Å². The van der Waals surface area contributed by atoms with Gasteiger partial charge in [-0.05, 0) is 18.1 Å². The van der Waals surface area contributed by atoms with Gasteiger partial charge in [0.2, 0.25) is 5.91 Å². The fourth-order valence-corrected chi connectivity index (χ4v) is 1.99. The first-order valence-electron chi connectivity index (χ1n) is 6.29. The predicted molar refractivity (Wildman–Crippen MR) is 66.8 cm³/mol. The molecule has 1 unspecified atom stereocenters. The number of carbonyl (C=O) groups excluding carboxylic acids is 1. The fourth-order valence-electron chi connectivity index (χ4n) is 1.99. The molecule has 1 aromatic heterocycles. The number of rotatable bonds is 3. The maximum Gasteiger partial charge on any atom is 0.239 e. The van der Waals surface area contributed by atoms with Crippen molar-refractivity contribution < 1.29 is 13.9 Å². The Hall–Kier alpha value is -1.33. The second-order valence-corrected chi connectivity index (χ2v) is 4.93. The first-order valence-corrected chi connectivity index (χ1v) is 6.29. The van der Waals surface area contributed by atoms with Crippen LogP contribution in [0.25, 0.3) is 0 Å². The van der Waals surface area contributed by atoms with Gasteiger partial charge in [0.25, 0.3) is 0 Å². The van der Waals surface area contributed by atoms with Gasteiger partial charge in [-0.3, -0.25) is 4.79 Å². The molecule has 0 aromatic carbocycles. The molecule has 2 heterocycles. The van der Waals surface area contributed by atoms with Crippen LogP contribution >= 0.6 is 0 Å². The average Bonchev–Trinajstić information content (AvgIpc) is 2.91. The fraction of sp³-hybridized carbons (Fsp3) is 0.615. The summed E-state index contributed by atoms with van der Waals surface area (Å²) in [5.41, 5.74) is 5.90. The van der Waals surface area contributed by atoms with Crippen LogP contribution in [-0.2, 0) is 9.53 Å². The quantitative estimate of drug-likeness (QED) is 0.876. The molecule has 5 nitrogen and oxygen atoms in total. The molecule has 2 rings (SSSR count). The molecule has 100 valence electrons. The Morgan fingerprint density at radius 2 is 2.33 bits per heavy atom. The molecule has 1 fully saturated rings. The van der Waals surface area contributed by atoms with Gasteiger partial charge in [0, 0.05) is 6.54 Å². The Labute approximate surface area is 107 Å². The second kappa shape index (κ2) is 5.54. The Bertz CT molecular complexity index is 389. The van der Waals surface area contributed by atoms with Crippen LogP contribution in [0, 0.1) is 5.92 Å². The first-order chi connectivity index (χ1) is 8.59. The van der Waals surface area contributed by atoms with Crippen molar-refractivity contribution >= 4 is 5.91 Å². The van der Waals surface area contributed by atoms with E-state index in [2.05, 4.69) is 0 Å². The third-order valence-electron chi connectivity index (χ3n) is 3.24. The Kier molecular flexibility index (Phi) is 4.04. The van der Waals surface area contributed by atoms with E-state index in [1.54, 1.807) is 11.2 Å². The summed E-state index contributed by atoms with van der Waals surface area (Å²) in [6, 6.07) is 3.24. The Morgan fingerprint density at radius 3 is 2.94 bits per heavy atom. The molecule has 1 amide bonds. The van der Waals surface area contributed by atoms with Gasteiger partial charge in [-0.1, -0.05) is 13.8 Å². The van der Waals surface area contributed by atoms with Gasteiger partial charge in [-0.2, -0.15) is 0 Å². The molecule has 1 aliphatic rings. The van der Waals surface area contributed by atoms with Crippen molar-refractivity contribution in [3.05, 3.63) is 24.2 Å². The zero-order valence-corrected chi connectivity index (χ0v) is 10.8. The van der Waals surface area contributed by atoms with Crippen molar-refractivity contribution in [2.75, 3.05) is 19.7 Å². The van der Waals surface area contributed by atoms with Crippen molar-refractivity contribution in [1.82, 2.24) is 4.90 Å². The summed E-state index contributed by atoms with van der Waals surface area (Å²) in [5.74, 6) is 0.887. The molecule has 0 radical (unpaired) electrons. The first kappa shape index (κ1) is 13.1. The van der Waals surface area contributed by atoms with E-state index in [1.807, 2.05) is 26.0 Å². The molecule has 0 aliphatic carbocycles. The van der Waals surface area contributed by atoms with Crippen LogP contribution in [0.5, 0.6) is 0 Å². The summed E-state index contributed by atoms with van der Waals surface area (Å²) in [6.07, 6.45) is 1.43. The van der Waals surface area contributed by atoms with E-state index in [9.17, 15) is 4.79 Å². The molecule has 2 atom stereocenters. The largest absolute Gasteiger partial charge is 0.467 e. The molecule has 18 heavy (non-hydrogen) atoms. The minimum Gasteiger partial charge on any atom is -0.467 e. The maximum atomic E-state index is 12.2. The molecule has 0 saturated carbocycles. The van der Waals surface area contributed by atoms with Crippen LogP contribution in [0.1, 0.15) is 25.7 Å². The minimum atomic E-state index is -0.444. The monoisotopic (exact) mass is 252 g/mol. The summed E-state index contributed by atoms with van der Waals surface area (Å²) in [4.78, 5) is 13.9. The predicted octanol–water partition coefficient (Wildman–Crippen LogP) is 1.16. The van der Waals surface area contributed by atoms with E-state index < -0.39 is 6.04 Å². The van der Waals surface area contributed by atoms with E-state index >= 15 is 0 Å². The standard InChI is InChI=1S/C13H20N2O3/c1-9(2)12(14)13(16)15-5-7-18-11(8-15)10-4-3-6-17-10/h3-4,6,9,11-12H,5,7-8,14H2,1-2H3/t11?,12-/m0/s1. The Morgan fingerprint density at radius 1 is 1.56 bits per heavy atom. The number of amides is 1. The summed E-state index contributed by atoms with van der Waals surface area (Å²) in [7, 11) is 0. The van der Waals surface area contributed by atoms with Crippen molar-refractivity contribution in [3.63, 3.8) is 0 Å². The zero-order chi connectivity index (χ0) is 13.1. The molecule has 5 heteroatoms. The van der Waals surface area contributed by atoms with Gasteiger partial charge in [-0.25, -0.2) is 0 Å². The summed E-state index contributed by atoms with van der Waals surface area (Å²) >= 11 is 0. The third kappa shape index (κ3) is 2.73. The lowest BCUT2D eigenvalue weighted by Gasteiger charge is -2.34. The van der Waals surface area contributed by atoms with Crippen molar-refractivity contribution in [2.45, 2.75) is 26.0 Å². The van der Waals surface area contributed by atoms with Crippen LogP contribution in [-0.4, -0.2) is 36.5 Å². The number of furan rings is 1. The van der Waals surface area contributed by atoms with Crippen molar-refractivity contribution in [3.8, 4) is 0 Å². The highest BCUT2D eigenvalue weighted by Crippen LogP contribution is 2.23. The molecular weight excluding hydrogens is 232 g/mol. The van der Waals surface area contributed by atoms with E-state index in [4.69, 9.17) is 14.9 Å². The number of ether oxygens (including phenoxy) is 1. The molecule has 1 aliphatic heterocycles. The number of nitrogens with zero attached hydrogens (tertiary/aromatic N) is 1. The van der Waals surface area contributed by atoms with Gasteiger partial charge in [0.05, 0.1) is 25.5 Å². The van der Waals surface area contributed by atoms with Crippen LogP contribution in [0.4, 0.5) is 0 Å². The van der Waals surface area contributed by atoms with Gasteiger partial charge >= 0.3 is 0 Å². The topological polar surface area (TPSA) is 68.7 Å². The number of carbonyl (C=O) groups is 1. The molecular formula is C13H20N2O3. The summed E-state index contributed by atoms with van der Waals surface area (Å²) < 4.78 is 10.9. The lowest BCUT2D eigenvalue weighted by Crippen LogP contribution is -2.51. The van der Waals surface area contributed by atoms with E-state index in [1.165, 1.54) is 0 Å². The number of hydrogen-bond acceptors (Lipinski definition) is 4. The molecule has 0 bridgehead atoms. The van der Waals surface area contributed by atoms with Gasteiger partial charge < -0.3 is 19.8 Å². The van der Waals surface area contributed by atoms with E-state index in [0.717, 1.165) is 5.76 Å². The minimum absolute atomic E-state index is 0.00939. The van der Waals surface area contributed by atoms with Crippen LogP contribution in [0.15, 0.2) is 22.8 Å². The summed E-state index contributed by atoms with van der Waals surface area (Å²) in [6.45, 7) is 5.52. The highest BCUT2D eigenvalue weighted by Gasteiger charge is 2.30. The zero-order valence-electron chi connectivity index (χ0n) is 10.8. The summed E-state index contributed by atoms with van der Waals surface area (Å²) in [5, 5.41) is 0. The highest BCUT2D eigenvalue weighted by molar-refractivity contribution is 5.82. The average molecular weight is 252 g/mol. The smallest absolute Gasteiger partial charge is 0.239 e. The Balaban J connectivity index is 2.01. The van der Waals surface area contributed by atoms with Gasteiger partial charge in [0.15, 0.2) is 0 Å². The van der Waals surface area contributed by atoms with E-state index in [-0.39, 0.29) is 17.9 Å². The molecule has 1 aromatic rings. The van der Waals surface area contributed by atoms with Gasteiger partial charge in [-0.15, -0.1) is 0 Å². The second-order valence-electron chi connectivity index (χ2n) is 4.93. The van der Waals surface area contributed by atoms with Crippen LogP contribution in [0.2, 0.25) is 0 Å². The van der Waals surface area contributed by atoms with Gasteiger partial charge in [0.1, 0.15) is 11.9 Å². The number of nitrogens with two attached hydrogens (primary N) is 1.